The molecule has 7 nitrogen and oxygen atoms in total. The van der Waals surface area contributed by atoms with Crippen molar-refractivity contribution in [3.63, 3.8) is 0 Å². The zero-order valence-corrected chi connectivity index (χ0v) is 10.2. The average Bonchev–Trinajstić information content (AvgIpc) is 2.47. The van der Waals surface area contributed by atoms with Crippen molar-refractivity contribution in [2.24, 2.45) is 5.92 Å². The molecule has 0 spiro atoms. The monoisotopic (exact) mass is 259 g/mol. The molecule has 1 fully saturated rings. The molecule has 3 heterocycles. The molecule has 0 saturated carbocycles. The van der Waals surface area contributed by atoms with E-state index in [0.717, 1.165) is 5.82 Å². The minimum absolute atomic E-state index is 0.254. The van der Waals surface area contributed by atoms with E-state index in [1.54, 1.807) is 12.4 Å². The van der Waals surface area contributed by atoms with Gasteiger partial charge in [-0.3, -0.25) is 4.79 Å². The van der Waals surface area contributed by atoms with E-state index in [0.29, 0.717) is 37.1 Å². The van der Waals surface area contributed by atoms with Crippen LogP contribution in [0.25, 0.3) is 11.2 Å². The SMILES string of the molecule is O=C(O)C1CCN(c2ncnc3nccnc23)CC1. The first kappa shape index (κ1) is 11.8. The van der Waals surface area contributed by atoms with E-state index in [1.807, 2.05) is 0 Å². The topological polar surface area (TPSA) is 92.1 Å². The number of hydrogen-bond donors (Lipinski definition) is 1. The molecule has 0 atom stereocenters. The van der Waals surface area contributed by atoms with Gasteiger partial charge in [-0.25, -0.2) is 19.9 Å². The molecule has 19 heavy (non-hydrogen) atoms. The summed E-state index contributed by atoms with van der Waals surface area (Å²) in [5.41, 5.74) is 1.23. The molecule has 98 valence electrons. The first-order valence-electron chi connectivity index (χ1n) is 6.15. The molecular formula is C12H13N5O2. The number of rotatable bonds is 2. The highest BCUT2D eigenvalue weighted by atomic mass is 16.4. The highest BCUT2D eigenvalue weighted by Gasteiger charge is 2.26. The standard InChI is InChI=1S/C12H13N5O2/c18-12(19)8-1-5-17(6-2-8)11-9-10(15-7-16-11)14-4-3-13-9/h3-4,7-8H,1-2,5-6H2,(H,18,19). The second kappa shape index (κ2) is 4.75. The third-order valence-electron chi connectivity index (χ3n) is 3.39. The van der Waals surface area contributed by atoms with Gasteiger partial charge in [-0.15, -0.1) is 0 Å². The van der Waals surface area contributed by atoms with E-state index in [1.165, 1.54) is 6.33 Å². The second-order valence-electron chi connectivity index (χ2n) is 4.53. The van der Waals surface area contributed by atoms with Crippen LogP contribution in [0.5, 0.6) is 0 Å². The summed E-state index contributed by atoms with van der Waals surface area (Å²) in [6.07, 6.45) is 5.92. The van der Waals surface area contributed by atoms with Crippen molar-refractivity contribution in [2.45, 2.75) is 12.8 Å². The zero-order chi connectivity index (χ0) is 13.2. The fourth-order valence-corrected chi connectivity index (χ4v) is 2.35. The summed E-state index contributed by atoms with van der Waals surface area (Å²) < 4.78 is 0. The number of anilines is 1. The fourth-order valence-electron chi connectivity index (χ4n) is 2.35. The molecule has 0 amide bonds. The van der Waals surface area contributed by atoms with Gasteiger partial charge < -0.3 is 10.0 Å². The molecule has 1 aliphatic heterocycles. The molecule has 0 aliphatic carbocycles. The van der Waals surface area contributed by atoms with Crippen LogP contribution >= 0.6 is 0 Å². The van der Waals surface area contributed by atoms with Gasteiger partial charge in [0.2, 0.25) is 0 Å². The van der Waals surface area contributed by atoms with E-state index in [2.05, 4.69) is 24.8 Å². The normalized spacial score (nSPS) is 16.7. The van der Waals surface area contributed by atoms with Gasteiger partial charge in [0.05, 0.1) is 5.92 Å². The third kappa shape index (κ3) is 2.18. The molecular weight excluding hydrogens is 246 g/mol. The van der Waals surface area contributed by atoms with Crippen molar-refractivity contribution < 1.29 is 9.90 Å². The highest BCUT2D eigenvalue weighted by molar-refractivity contribution is 5.82. The quantitative estimate of drug-likeness (QED) is 0.849. The van der Waals surface area contributed by atoms with Crippen molar-refractivity contribution in [1.29, 1.82) is 0 Å². The zero-order valence-electron chi connectivity index (χ0n) is 10.2. The lowest BCUT2D eigenvalue weighted by molar-refractivity contribution is -0.142. The summed E-state index contributed by atoms with van der Waals surface area (Å²) in [6.45, 7) is 1.33. The Morgan fingerprint density at radius 3 is 2.63 bits per heavy atom. The van der Waals surface area contributed by atoms with Crippen molar-refractivity contribution >= 4 is 23.0 Å². The Morgan fingerprint density at radius 2 is 1.89 bits per heavy atom. The van der Waals surface area contributed by atoms with Gasteiger partial charge in [0.15, 0.2) is 17.0 Å². The first-order chi connectivity index (χ1) is 9.25. The van der Waals surface area contributed by atoms with E-state index in [9.17, 15) is 4.79 Å². The van der Waals surface area contributed by atoms with Crippen LogP contribution in [0.1, 0.15) is 12.8 Å². The van der Waals surface area contributed by atoms with Crippen LogP contribution in [0.15, 0.2) is 18.7 Å². The van der Waals surface area contributed by atoms with Crippen molar-refractivity contribution in [2.75, 3.05) is 18.0 Å². The minimum Gasteiger partial charge on any atom is -0.481 e. The van der Waals surface area contributed by atoms with Gasteiger partial charge >= 0.3 is 5.97 Å². The van der Waals surface area contributed by atoms with Gasteiger partial charge in [-0.1, -0.05) is 0 Å². The van der Waals surface area contributed by atoms with Gasteiger partial charge in [0, 0.05) is 25.5 Å². The van der Waals surface area contributed by atoms with Crippen molar-refractivity contribution in [1.82, 2.24) is 19.9 Å². The predicted molar refractivity (Wildman–Crippen MR) is 67.7 cm³/mol. The minimum atomic E-state index is -0.716. The maximum Gasteiger partial charge on any atom is 0.306 e. The maximum absolute atomic E-state index is 10.9. The number of carboxylic acid groups (broad SMARTS) is 1. The molecule has 2 aromatic rings. The third-order valence-corrected chi connectivity index (χ3v) is 3.39. The van der Waals surface area contributed by atoms with Gasteiger partial charge in [-0.05, 0) is 12.8 Å². The number of carboxylic acids is 1. The van der Waals surface area contributed by atoms with Crippen LogP contribution in [0, 0.1) is 5.92 Å². The van der Waals surface area contributed by atoms with E-state index in [-0.39, 0.29) is 5.92 Å². The molecule has 0 aromatic carbocycles. The number of aliphatic carboxylic acids is 1. The van der Waals surface area contributed by atoms with Crippen LogP contribution in [0.3, 0.4) is 0 Å². The van der Waals surface area contributed by atoms with Gasteiger partial charge in [0.1, 0.15) is 6.33 Å². The highest BCUT2D eigenvalue weighted by Crippen LogP contribution is 2.25. The van der Waals surface area contributed by atoms with Gasteiger partial charge in [-0.2, -0.15) is 0 Å². The molecule has 1 N–H and O–H groups in total. The molecule has 2 aromatic heterocycles. The Kier molecular flexibility index (Phi) is 2.94. The second-order valence-corrected chi connectivity index (χ2v) is 4.53. The van der Waals surface area contributed by atoms with Crippen LogP contribution in [0.4, 0.5) is 5.82 Å². The summed E-state index contributed by atoms with van der Waals surface area (Å²) >= 11 is 0. The van der Waals surface area contributed by atoms with Crippen molar-refractivity contribution in [3.8, 4) is 0 Å². The molecule has 3 rings (SSSR count). The lowest BCUT2D eigenvalue weighted by Gasteiger charge is -2.31. The number of aromatic nitrogens is 4. The van der Waals surface area contributed by atoms with Gasteiger partial charge in [0.25, 0.3) is 0 Å². The number of piperidine rings is 1. The van der Waals surface area contributed by atoms with Crippen LogP contribution in [-0.4, -0.2) is 44.1 Å². The molecule has 7 heteroatoms. The van der Waals surface area contributed by atoms with Crippen molar-refractivity contribution in [3.05, 3.63) is 18.7 Å². The molecule has 1 saturated heterocycles. The Balaban J connectivity index is 1.88. The predicted octanol–water partition coefficient (Wildman–Crippen LogP) is 0.721. The number of fused-ring (bicyclic) bond motifs is 1. The Bertz CT molecular complexity index is 605. The van der Waals surface area contributed by atoms with E-state index < -0.39 is 5.97 Å². The fraction of sp³-hybridized carbons (Fsp3) is 0.417. The lowest BCUT2D eigenvalue weighted by atomic mass is 9.97. The molecule has 0 bridgehead atoms. The summed E-state index contributed by atoms with van der Waals surface area (Å²) in [5, 5.41) is 9.00. The Hall–Kier alpha value is -2.31. The number of nitrogens with zero attached hydrogens (tertiary/aromatic N) is 5. The largest absolute Gasteiger partial charge is 0.481 e. The number of carbonyl (C=O) groups is 1. The van der Waals surface area contributed by atoms with Crippen LogP contribution in [-0.2, 0) is 4.79 Å². The Morgan fingerprint density at radius 1 is 1.16 bits per heavy atom. The average molecular weight is 259 g/mol. The lowest BCUT2D eigenvalue weighted by Crippen LogP contribution is -2.37. The summed E-state index contributed by atoms with van der Waals surface area (Å²) in [6, 6.07) is 0. The summed E-state index contributed by atoms with van der Waals surface area (Å²) in [4.78, 5) is 29.7. The maximum atomic E-state index is 10.9. The smallest absolute Gasteiger partial charge is 0.306 e. The van der Waals surface area contributed by atoms with E-state index in [4.69, 9.17) is 5.11 Å². The van der Waals surface area contributed by atoms with E-state index >= 15 is 0 Å². The number of hydrogen-bond acceptors (Lipinski definition) is 6. The molecule has 0 radical (unpaired) electrons. The molecule has 0 unspecified atom stereocenters. The summed E-state index contributed by atoms with van der Waals surface area (Å²) in [7, 11) is 0. The van der Waals surface area contributed by atoms with Crippen LogP contribution in [0.2, 0.25) is 0 Å². The van der Waals surface area contributed by atoms with Crippen LogP contribution < -0.4 is 4.90 Å². The molecule has 1 aliphatic rings. The summed E-state index contributed by atoms with van der Waals surface area (Å²) in [5.74, 6) is -0.232. The Labute approximate surface area is 109 Å². The first-order valence-corrected chi connectivity index (χ1v) is 6.15.